The van der Waals surface area contributed by atoms with Crippen LogP contribution in [0.3, 0.4) is 0 Å². The molecule has 1 unspecified atom stereocenters. The van der Waals surface area contributed by atoms with Crippen LogP contribution in [0.2, 0.25) is 0 Å². The summed E-state index contributed by atoms with van der Waals surface area (Å²) in [6.07, 6.45) is 2.35. The number of rotatable bonds is 7. The van der Waals surface area contributed by atoms with Gasteiger partial charge < -0.3 is 15.2 Å². The van der Waals surface area contributed by atoms with E-state index < -0.39 is 0 Å². The van der Waals surface area contributed by atoms with Crippen molar-refractivity contribution in [3.05, 3.63) is 45.9 Å². The van der Waals surface area contributed by atoms with E-state index in [1.54, 1.807) is 13.3 Å². The number of nitrogens with one attached hydrogen (secondary N) is 1. The predicted molar refractivity (Wildman–Crippen MR) is 86.5 cm³/mol. The van der Waals surface area contributed by atoms with Crippen molar-refractivity contribution < 1.29 is 14.6 Å². The van der Waals surface area contributed by atoms with Gasteiger partial charge in [-0.2, -0.15) is 0 Å². The number of carbonyl (C=O) groups is 1. The highest BCUT2D eigenvalue weighted by Crippen LogP contribution is 2.28. The molecule has 2 aromatic heterocycles. The Balaban J connectivity index is 1.93. The van der Waals surface area contributed by atoms with Crippen molar-refractivity contribution in [1.29, 1.82) is 0 Å². The minimum Gasteiger partial charge on any atom is -0.495 e. The van der Waals surface area contributed by atoms with Crippen molar-refractivity contribution >= 4 is 17.2 Å². The lowest BCUT2D eigenvalue weighted by Gasteiger charge is -2.14. The first-order valence-corrected chi connectivity index (χ1v) is 7.89. The van der Waals surface area contributed by atoms with Gasteiger partial charge in [-0.05, 0) is 31.5 Å². The number of thiophene rings is 1. The summed E-state index contributed by atoms with van der Waals surface area (Å²) in [7, 11) is 1.55. The third-order valence-corrected chi connectivity index (χ3v) is 4.31. The van der Waals surface area contributed by atoms with Gasteiger partial charge in [-0.1, -0.05) is 6.07 Å². The van der Waals surface area contributed by atoms with E-state index in [1.165, 1.54) is 11.3 Å². The molecule has 0 saturated carbocycles. The minimum absolute atomic E-state index is 0.00252. The Hall–Kier alpha value is -1.92. The normalized spacial score (nSPS) is 12.0. The van der Waals surface area contributed by atoms with Crippen molar-refractivity contribution in [1.82, 2.24) is 10.3 Å². The van der Waals surface area contributed by atoms with E-state index in [0.717, 1.165) is 10.6 Å². The molecule has 1 atom stereocenters. The maximum absolute atomic E-state index is 12.2. The van der Waals surface area contributed by atoms with E-state index in [0.29, 0.717) is 23.6 Å². The largest absolute Gasteiger partial charge is 0.495 e. The molecule has 0 aliphatic carbocycles. The highest BCUT2D eigenvalue weighted by atomic mass is 32.1. The van der Waals surface area contributed by atoms with Gasteiger partial charge in [-0.3, -0.25) is 9.78 Å². The van der Waals surface area contributed by atoms with Crippen LogP contribution in [0.5, 0.6) is 5.75 Å². The maximum Gasteiger partial charge on any atom is 0.265 e. The fourth-order valence-electron chi connectivity index (χ4n) is 2.13. The van der Waals surface area contributed by atoms with Gasteiger partial charge in [0.05, 0.1) is 7.11 Å². The van der Waals surface area contributed by atoms with Crippen LogP contribution in [-0.4, -0.2) is 36.3 Å². The molecule has 118 valence electrons. The molecule has 2 rings (SSSR count). The minimum atomic E-state index is -0.172. The van der Waals surface area contributed by atoms with E-state index in [-0.39, 0.29) is 18.4 Å². The summed E-state index contributed by atoms with van der Waals surface area (Å²) in [6.45, 7) is 2.32. The Morgan fingerprint density at radius 2 is 2.32 bits per heavy atom. The molecule has 0 aliphatic heterocycles. The average molecular weight is 320 g/mol. The van der Waals surface area contributed by atoms with Gasteiger partial charge in [-0.15, -0.1) is 11.3 Å². The van der Waals surface area contributed by atoms with Gasteiger partial charge in [0, 0.05) is 35.8 Å². The first-order chi connectivity index (χ1) is 10.6. The Labute approximate surface area is 134 Å². The second-order valence-corrected chi connectivity index (χ2v) is 6.29. The van der Waals surface area contributed by atoms with E-state index in [9.17, 15) is 9.90 Å². The molecule has 0 radical (unpaired) electrons. The molecule has 1 amide bonds. The highest BCUT2D eigenvalue weighted by Gasteiger charge is 2.17. The van der Waals surface area contributed by atoms with E-state index >= 15 is 0 Å². The molecule has 2 N–H and O–H groups in total. The fourth-order valence-corrected chi connectivity index (χ4v) is 3.03. The number of methoxy groups -OCH3 is 1. The van der Waals surface area contributed by atoms with Crippen molar-refractivity contribution in [2.24, 2.45) is 5.92 Å². The van der Waals surface area contributed by atoms with Crippen LogP contribution in [0.4, 0.5) is 0 Å². The second-order valence-electron chi connectivity index (χ2n) is 5.04. The molecule has 6 heteroatoms. The topological polar surface area (TPSA) is 71.5 Å². The molecular weight excluding hydrogens is 300 g/mol. The number of ether oxygens (including phenoxy) is 1. The Kier molecular flexibility index (Phi) is 5.91. The number of aliphatic hydroxyl groups is 1. The zero-order chi connectivity index (χ0) is 15.9. The van der Waals surface area contributed by atoms with Crippen LogP contribution < -0.4 is 10.1 Å². The molecule has 22 heavy (non-hydrogen) atoms. The average Bonchev–Trinajstić information content (AvgIpc) is 2.93. The molecular formula is C16H20N2O3S. The Bertz CT molecular complexity index is 613. The number of hydrogen-bond acceptors (Lipinski definition) is 5. The van der Waals surface area contributed by atoms with Crippen LogP contribution in [-0.2, 0) is 6.42 Å². The fraction of sp³-hybridized carbons (Fsp3) is 0.375. The SMILES string of the molecule is COc1cc(C)sc1C(=O)NCC(CO)Cc1ccccn1. The molecule has 0 spiro atoms. The Morgan fingerprint density at radius 1 is 1.50 bits per heavy atom. The monoisotopic (exact) mass is 320 g/mol. The molecule has 0 aliphatic rings. The van der Waals surface area contributed by atoms with E-state index in [1.807, 2.05) is 31.2 Å². The molecule has 0 bridgehead atoms. The smallest absolute Gasteiger partial charge is 0.265 e. The van der Waals surface area contributed by atoms with Gasteiger partial charge in [0.15, 0.2) is 0 Å². The number of hydrogen-bond donors (Lipinski definition) is 2. The van der Waals surface area contributed by atoms with Crippen LogP contribution in [0, 0.1) is 12.8 Å². The van der Waals surface area contributed by atoms with Crippen molar-refractivity contribution in [3.8, 4) is 5.75 Å². The van der Waals surface area contributed by atoms with E-state index in [2.05, 4.69) is 10.3 Å². The molecule has 2 heterocycles. The van der Waals surface area contributed by atoms with Crippen molar-refractivity contribution in [2.45, 2.75) is 13.3 Å². The number of aryl methyl sites for hydroxylation is 1. The van der Waals surface area contributed by atoms with Crippen LogP contribution >= 0.6 is 11.3 Å². The number of nitrogens with zero attached hydrogens (tertiary/aromatic N) is 1. The van der Waals surface area contributed by atoms with E-state index in [4.69, 9.17) is 4.74 Å². The number of aromatic nitrogens is 1. The van der Waals surface area contributed by atoms with Gasteiger partial charge in [0.2, 0.25) is 0 Å². The lowest BCUT2D eigenvalue weighted by Crippen LogP contribution is -2.31. The lowest BCUT2D eigenvalue weighted by molar-refractivity contribution is 0.0941. The van der Waals surface area contributed by atoms with Crippen molar-refractivity contribution in [3.63, 3.8) is 0 Å². The van der Waals surface area contributed by atoms with Gasteiger partial charge >= 0.3 is 0 Å². The molecule has 0 aromatic carbocycles. The van der Waals surface area contributed by atoms with Gasteiger partial charge in [0.25, 0.3) is 5.91 Å². The van der Waals surface area contributed by atoms with Crippen LogP contribution in [0.15, 0.2) is 30.5 Å². The lowest BCUT2D eigenvalue weighted by atomic mass is 10.0. The summed E-state index contributed by atoms with van der Waals surface area (Å²) in [5, 5.41) is 12.3. The summed E-state index contributed by atoms with van der Waals surface area (Å²) in [5.41, 5.74) is 0.903. The number of aliphatic hydroxyl groups excluding tert-OH is 1. The predicted octanol–water partition coefficient (Wildman–Crippen LogP) is 2.04. The maximum atomic E-state index is 12.2. The zero-order valence-corrected chi connectivity index (χ0v) is 13.5. The first-order valence-electron chi connectivity index (χ1n) is 7.07. The third kappa shape index (κ3) is 4.29. The number of pyridine rings is 1. The van der Waals surface area contributed by atoms with Crippen molar-refractivity contribution in [2.75, 3.05) is 20.3 Å². The van der Waals surface area contributed by atoms with Crippen LogP contribution in [0.25, 0.3) is 0 Å². The molecule has 0 saturated heterocycles. The number of carbonyl (C=O) groups excluding carboxylic acids is 1. The second kappa shape index (κ2) is 7.91. The summed E-state index contributed by atoms with van der Waals surface area (Å²) < 4.78 is 5.21. The Morgan fingerprint density at radius 3 is 2.95 bits per heavy atom. The quantitative estimate of drug-likeness (QED) is 0.819. The summed E-state index contributed by atoms with van der Waals surface area (Å²) in [4.78, 5) is 18.1. The van der Waals surface area contributed by atoms with Crippen LogP contribution in [0.1, 0.15) is 20.2 Å². The molecule has 0 fully saturated rings. The summed E-state index contributed by atoms with van der Waals surface area (Å²) in [5.74, 6) is 0.352. The van der Waals surface area contributed by atoms with Gasteiger partial charge in [0.1, 0.15) is 10.6 Å². The third-order valence-electron chi connectivity index (χ3n) is 3.28. The summed E-state index contributed by atoms with van der Waals surface area (Å²) >= 11 is 1.40. The summed E-state index contributed by atoms with van der Waals surface area (Å²) in [6, 6.07) is 7.52. The number of amides is 1. The molecule has 2 aromatic rings. The van der Waals surface area contributed by atoms with Gasteiger partial charge in [-0.25, -0.2) is 0 Å². The zero-order valence-electron chi connectivity index (χ0n) is 12.7. The highest BCUT2D eigenvalue weighted by molar-refractivity contribution is 7.14. The first kappa shape index (κ1) is 16.5. The molecule has 5 nitrogen and oxygen atoms in total. The standard InChI is InChI=1S/C16H20N2O3S/c1-11-7-14(21-2)15(22-11)16(20)18-9-12(10-19)8-13-5-3-4-6-17-13/h3-7,12,19H,8-10H2,1-2H3,(H,18,20).